The van der Waals surface area contributed by atoms with Crippen LogP contribution in [0.2, 0.25) is 0 Å². The largest absolute Gasteiger partial charge is 0.496 e. The first-order valence-electron chi connectivity index (χ1n) is 3.74. The Morgan fingerprint density at radius 3 is 2.83 bits per heavy atom. The van der Waals surface area contributed by atoms with Crippen molar-refractivity contribution in [3.8, 4) is 5.75 Å². The van der Waals surface area contributed by atoms with Crippen LogP contribution in [0.25, 0.3) is 6.08 Å². The molecule has 1 nitrogen and oxygen atoms in total. The highest BCUT2D eigenvalue weighted by Gasteiger charge is 1.94. The van der Waals surface area contributed by atoms with Crippen LogP contribution >= 0.6 is 0 Å². The number of hydrogen-bond acceptors (Lipinski definition) is 1. The lowest BCUT2D eigenvalue weighted by Gasteiger charge is -2.02. The van der Waals surface area contributed by atoms with Gasteiger partial charge in [0.05, 0.1) is 7.11 Å². The zero-order valence-corrected chi connectivity index (χ0v) is 6.96. The molecule has 0 heterocycles. The van der Waals surface area contributed by atoms with Gasteiger partial charge in [-0.1, -0.05) is 30.4 Å². The van der Waals surface area contributed by atoms with E-state index < -0.39 is 6.67 Å². The third-order valence-electron chi connectivity index (χ3n) is 1.53. The van der Waals surface area contributed by atoms with Crippen molar-refractivity contribution in [2.45, 2.75) is 0 Å². The molecule has 0 aliphatic carbocycles. The first-order valence-corrected chi connectivity index (χ1v) is 3.74. The molecule has 0 aliphatic rings. The van der Waals surface area contributed by atoms with Crippen LogP contribution in [-0.4, -0.2) is 13.8 Å². The van der Waals surface area contributed by atoms with E-state index in [9.17, 15) is 4.39 Å². The van der Waals surface area contributed by atoms with Gasteiger partial charge in [-0.2, -0.15) is 0 Å². The second kappa shape index (κ2) is 4.54. The summed E-state index contributed by atoms with van der Waals surface area (Å²) in [6.45, 7) is -0.446. The Labute approximate surface area is 71.5 Å². The molecular formula is C10H11FO. The molecule has 0 atom stereocenters. The van der Waals surface area contributed by atoms with Crippen LogP contribution < -0.4 is 4.74 Å². The van der Waals surface area contributed by atoms with E-state index in [0.29, 0.717) is 0 Å². The SMILES string of the molecule is COc1ccccc1C=CCF. The highest BCUT2D eigenvalue weighted by Crippen LogP contribution is 2.18. The van der Waals surface area contributed by atoms with Crippen LogP contribution in [0.15, 0.2) is 30.3 Å². The number of benzene rings is 1. The van der Waals surface area contributed by atoms with Crippen LogP contribution in [0.1, 0.15) is 5.56 Å². The number of rotatable bonds is 3. The van der Waals surface area contributed by atoms with Crippen LogP contribution in [0.4, 0.5) is 4.39 Å². The minimum atomic E-state index is -0.446. The summed E-state index contributed by atoms with van der Waals surface area (Å²) in [4.78, 5) is 0. The predicted octanol–water partition coefficient (Wildman–Crippen LogP) is 2.68. The average molecular weight is 166 g/mol. The highest BCUT2D eigenvalue weighted by molar-refractivity contribution is 5.57. The quantitative estimate of drug-likeness (QED) is 0.670. The standard InChI is InChI=1S/C10H11FO/c1-12-10-7-3-2-5-9(10)6-4-8-11/h2-7H,8H2,1H3. The number of ether oxygens (including phenoxy) is 1. The van der Waals surface area contributed by atoms with Crippen LogP contribution in [-0.2, 0) is 0 Å². The van der Waals surface area contributed by atoms with Gasteiger partial charge in [0.2, 0.25) is 0 Å². The summed E-state index contributed by atoms with van der Waals surface area (Å²) in [5.74, 6) is 0.766. The molecule has 1 rings (SSSR count). The normalized spacial score (nSPS) is 10.5. The summed E-state index contributed by atoms with van der Waals surface area (Å²) in [6.07, 6.45) is 3.16. The molecule has 2 heteroatoms. The van der Waals surface area contributed by atoms with Crippen molar-refractivity contribution >= 4 is 6.08 Å². The first-order chi connectivity index (χ1) is 5.88. The third kappa shape index (κ3) is 2.09. The van der Waals surface area contributed by atoms with Gasteiger partial charge in [0, 0.05) is 5.56 Å². The van der Waals surface area contributed by atoms with Crippen molar-refractivity contribution in [2.24, 2.45) is 0 Å². The maximum absolute atomic E-state index is 11.8. The van der Waals surface area contributed by atoms with Crippen LogP contribution in [0.5, 0.6) is 5.75 Å². The van der Waals surface area contributed by atoms with E-state index in [0.717, 1.165) is 11.3 Å². The van der Waals surface area contributed by atoms with Crippen molar-refractivity contribution in [3.63, 3.8) is 0 Å². The number of allylic oxidation sites excluding steroid dienone is 1. The Morgan fingerprint density at radius 2 is 2.17 bits per heavy atom. The van der Waals surface area contributed by atoms with E-state index in [1.165, 1.54) is 6.08 Å². The summed E-state index contributed by atoms with van der Waals surface area (Å²) in [6, 6.07) is 7.49. The van der Waals surface area contributed by atoms with Gasteiger partial charge in [-0.25, -0.2) is 4.39 Å². The predicted molar refractivity (Wildman–Crippen MR) is 48.0 cm³/mol. The minimum Gasteiger partial charge on any atom is -0.496 e. The van der Waals surface area contributed by atoms with Crippen molar-refractivity contribution < 1.29 is 9.13 Å². The molecule has 0 saturated heterocycles. The van der Waals surface area contributed by atoms with Crippen molar-refractivity contribution in [1.82, 2.24) is 0 Å². The minimum absolute atomic E-state index is 0.446. The van der Waals surface area contributed by atoms with E-state index in [1.807, 2.05) is 24.3 Å². The molecule has 64 valence electrons. The smallest absolute Gasteiger partial charge is 0.126 e. The Bertz CT molecular complexity index is 268. The molecule has 0 radical (unpaired) electrons. The van der Waals surface area contributed by atoms with Crippen molar-refractivity contribution in [3.05, 3.63) is 35.9 Å². The van der Waals surface area contributed by atoms with Crippen molar-refractivity contribution in [1.29, 1.82) is 0 Å². The van der Waals surface area contributed by atoms with E-state index in [1.54, 1.807) is 13.2 Å². The fourth-order valence-corrected chi connectivity index (χ4v) is 0.976. The maximum atomic E-state index is 11.8. The molecule has 0 amide bonds. The number of halogens is 1. The third-order valence-corrected chi connectivity index (χ3v) is 1.53. The lowest BCUT2D eigenvalue weighted by atomic mass is 10.2. The summed E-state index contributed by atoms with van der Waals surface area (Å²) >= 11 is 0. The highest BCUT2D eigenvalue weighted by atomic mass is 19.1. The molecule has 12 heavy (non-hydrogen) atoms. The number of methoxy groups -OCH3 is 1. The van der Waals surface area contributed by atoms with Crippen molar-refractivity contribution in [2.75, 3.05) is 13.8 Å². The first kappa shape index (κ1) is 8.78. The van der Waals surface area contributed by atoms with E-state index >= 15 is 0 Å². The number of alkyl halides is 1. The fourth-order valence-electron chi connectivity index (χ4n) is 0.976. The molecular weight excluding hydrogens is 155 g/mol. The molecule has 0 aliphatic heterocycles. The van der Waals surface area contributed by atoms with Gasteiger partial charge >= 0.3 is 0 Å². The second-order valence-electron chi connectivity index (χ2n) is 2.30. The summed E-state index contributed by atoms with van der Waals surface area (Å²) < 4.78 is 16.9. The van der Waals surface area contributed by atoms with Crippen LogP contribution in [0.3, 0.4) is 0 Å². The molecule has 0 bridgehead atoms. The van der Waals surface area contributed by atoms with E-state index in [-0.39, 0.29) is 0 Å². The Kier molecular flexibility index (Phi) is 3.33. The Hall–Kier alpha value is -1.31. The van der Waals surface area contributed by atoms with E-state index in [4.69, 9.17) is 4.74 Å². The zero-order chi connectivity index (χ0) is 8.81. The van der Waals surface area contributed by atoms with Gasteiger partial charge in [0.25, 0.3) is 0 Å². The molecule has 0 fully saturated rings. The molecule has 1 aromatic rings. The summed E-state index contributed by atoms with van der Waals surface area (Å²) in [5, 5.41) is 0. The monoisotopic (exact) mass is 166 g/mol. The Balaban J connectivity index is 2.89. The average Bonchev–Trinajstić information content (AvgIpc) is 2.15. The van der Waals surface area contributed by atoms with Gasteiger partial charge in [0.15, 0.2) is 0 Å². The zero-order valence-electron chi connectivity index (χ0n) is 6.96. The summed E-state index contributed by atoms with van der Waals surface area (Å²) in [5.41, 5.74) is 0.901. The van der Waals surface area contributed by atoms with Gasteiger partial charge in [-0.3, -0.25) is 0 Å². The molecule has 0 saturated carbocycles. The molecule has 0 aromatic heterocycles. The lowest BCUT2D eigenvalue weighted by molar-refractivity contribution is 0.414. The number of hydrogen-bond donors (Lipinski definition) is 0. The maximum Gasteiger partial charge on any atom is 0.126 e. The van der Waals surface area contributed by atoms with Gasteiger partial charge < -0.3 is 4.74 Å². The van der Waals surface area contributed by atoms with Crippen LogP contribution in [0, 0.1) is 0 Å². The Morgan fingerprint density at radius 1 is 1.42 bits per heavy atom. The molecule has 0 spiro atoms. The topological polar surface area (TPSA) is 9.23 Å². The van der Waals surface area contributed by atoms with E-state index in [2.05, 4.69) is 0 Å². The van der Waals surface area contributed by atoms with Gasteiger partial charge in [-0.05, 0) is 6.07 Å². The molecule has 1 aromatic carbocycles. The summed E-state index contributed by atoms with van der Waals surface area (Å²) in [7, 11) is 1.60. The fraction of sp³-hybridized carbons (Fsp3) is 0.200. The lowest BCUT2D eigenvalue weighted by Crippen LogP contribution is -1.85. The second-order valence-corrected chi connectivity index (χ2v) is 2.30. The van der Waals surface area contributed by atoms with Gasteiger partial charge in [0.1, 0.15) is 12.4 Å². The molecule has 0 unspecified atom stereocenters. The number of para-hydroxylation sites is 1. The molecule has 0 N–H and O–H groups in total. The van der Waals surface area contributed by atoms with Gasteiger partial charge in [-0.15, -0.1) is 0 Å².